The highest BCUT2D eigenvalue weighted by Crippen LogP contribution is 2.27. The van der Waals surface area contributed by atoms with Gasteiger partial charge in [0.2, 0.25) is 0 Å². The summed E-state index contributed by atoms with van der Waals surface area (Å²) in [5, 5.41) is 0. The van der Waals surface area contributed by atoms with Crippen LogP contribution in [0.2, 0.25) is 0 Å². The number of rotatable bonds is 1. The Morgan fingerprint density at radius 2 is 1.62 bits per heavy atom. The zero-order valence-electron chi connectivity index (χ0n) is 8.04. The maximum Gasteiger partial charge on any atom is 0.182 e. The van der Waals surface area contributed by atoms with Crippen molar-refractivity contribution in [2.24, 2.45) is 0 Å². The number of hydrogen-bond donors (Lipinski definition) is 1. The van der Waals surface area contributed by atoms with E-state index in [1.807, 2.05) is 0 Å². The third-order valence-corrected chi connectivity index (χ3v) is 2.47. The van der Waals surface area contributed by atoms with Gasteiger partial charge in [0.25, 0.3) is 0 Å². The first-order chi connectivity index (χ1) is 6.00. The molecule has 0 atom stereocenters. The lowest BCUT2D eigenvalue weighted by Crippen LogP contribution is -2.05. The molecule has 0 aliphatic heterocycles. The van der Waals surface area contributed by atoms with Crippen LogP contribution in [-0.4, -0.2) is 0 Å². The van der Waals surface area contributed by atoms with Crippen molar-refractivity contribution in [2.75, 3.05) is 5.73 Å². The SMILES string of the molecule is CCc1c(C)c(C)c(N)c(F)c1F. The fourth-order valence-corrected chi connectivity index (χ4v) is 1.43. The number of nitrogens with two attached hydrogens (primary N) is 1. The van der Waals surface area contributed by atoms with E-state index in [2.05, 4.69) is 0 Å². The summed E-state index contributed by atoms with van der Waals surface area (Å²) in [6.45, 7) is 5.25. The number of halogens is 2. The van der Waals surface area contributed by atoms with E-state index < -0.39 is 11.6 Å². The molecule has 0 aliphatic rings. The van der Waals surface area contributed by atoms with E-state index in [4.69, 9.17) is 5.73 Å². The van der Waals surface area contributed by atoms with Gasteiger partial charge in [-0.15, -0.1) is 0 Å². The van der Waals surface area contributed by atoms with Gasteiger partial charge in [-0.25, -0.2) is 8.78 Å². The zero-order chi connectivity index (χ0) is 10.2. The summed E-state index contributed by atoms with van der Waals surface area (Å²) in [6.07, 6.45) is 0.482. The minimum Gasteiger partial charge on any atom is -0.396 e. The van der Waals surface area contributed by atoms with Gasteiger partial charge in [-0.1, -0.05) is 6.92 Å². The van der Waals surface area contributed by atoms with Crippen molar-refractivity contribution in [1.29, 1.82) is 0 Å². The number of benzene rings is 1. The van der Waals surface area contributed by atoms with Crippen molar-refractivity contribution in [3.8, 4) is 0 Å². The molecular formula is C10H13F2N. The molecule has 1 rings (SSSR count). The monoisotopic (exact) mass is 185 g/mol. The molecule has 1 nitrogen and oxygen atoms in total. The van der Waals surface area contributed by atoms with Crippen LogP contribution in [0.1, 0.15) is 23.6 Å². The van der Waals surface area contributed by atoms with Gasteiger partial charge < -0.3 is 5.73 Å². The Bertz CT molecular complexity index is 316. The standard InChI is InChI=1S/C10H13F2N/c1-4-7-5(2)6(3)10(13)9(12)8(7)11/h4,13H2,1-3H3. The fourth-order valence-electron chi connectivity index (χ4n) is 1.43. The Morgan fingerprint density at radius 3 is 2.08 bits per heavy atom. The van der Waals surface area contributed by atoms with Gasteiger partial charge in [-0.2, -0.15) is 0 Å². The Balaban J connectivity index is 3.56. The Morgan fingerprint density at radius 1 is 1.08 bits per heavy atom. The second-order valence-electron chi connectivity index (χ2n) is 3.12. The van der Waals surface area contributed by atoms with Gasteiger partial charge in [0.1, 0.15) is 0 Å². The first kappa shape index (κ1) is 9.96. The summed E-state index contributed by atoms with van der Waals surface area (Å²) in [5.41, 5.74) is 7.12. The quantitative estimate of drug-likeness (QED) is 0.669. The summed E-state index contributed by atoms with van der Waals surface area (Å²) < 4.78 is 26.4. The highest BCUT2D eigenvalue weighted by Gasteiger charge is 2.16. The number of anilines is 1. The van der Waals surface area contributed by atoms with Crippen LogP contribution in [-0.2, 0) is 6.42 Å². The maximum absolute atomic E-state index is 13.2. The van der Waals surface area contributed by atoms with Crippen LogP contribution in [0.15, 0.2) is 0 Å². The molecule has 0 spiro atoms. The first-order valence-electron chi connectivity index (χ1n) is 4.23. The minimum atomic E-state index is -0.917. The first-order valence-corrected chi connectivity index (χ1v) is 4.23. The molecule has 0 radical (unpaired) electrons. The van der Waals surface area contributed by atoms with Gasteiger partial charge >= 0.3 is 0 Å². The third-order valence-electron chi connectivity index (χ3n) is 2.47. The molecule has 0 amide bonds. The molecule has 72 valence electrons. The lowest BCUT2D eigenvalue weighted by molar-refractivity contribution is 0.501. The van der Waals surface area contributed by atoms with E-state index in [9.17, 15) is 8.78 Å². The molecule has 1 aromatic rings. The number of nitrogen functional groups attached to an aromatic ring is 1. The second-order valence-corrected chi connectivity index (χ2v) is 3.12. The van der Waals surface area contributed by atoms with Crippen molar-refractivity contribution < 1.29 is 8.78 Å². The molecule has 1 aromatic carbocycles. The molecular weight excluding hydrogens is 172 g/mol. The van der Waals surface area contributed by atoms with Crippen molar-refractivity contribution in [3.63, 3.8) is 0 Å². The third kappa shape index (κ3) is 1.39. The molecule has 3 heteroatoms. The van der Waals surface area contributed by atoms with E-state index in [-0.39, 0.29) is 5.69 Å². The van der Waals surface area contributed by atoms with E-state index in [1.54, 1.807) is 20.8 Å². The molecule has 0 saturated heterocycles. The summed E-state index contributed by atoms with van der Waals surface area (Å²) in [6, 6.07) is 0. The predicted molar refractivity (Wildman–Crippen MR) is 49.6 cm³/mol. The van der Waals surface area contributed by atoms with Gasteiger partial charge in [0, 0.05) is 0 Å². The van der Waals surface area contributed by atoms with Crippen LogP contribution in [0.3, 0.4) is 0 Å². The van der Waals surface area contributed by atoms with Crippen molar-refractivity contribution >= 4 is 5.69 Å². The minimum absolute atomic E-state index is 0.0767. The lowest BCUT2D eigenvalue weighted by Gasteiger charge is -2.12. The number of hydrogen-bond acceptors (Lipinski definition) is 1. The average Bonchev–Trinajstić information content (AvgIpc) is 2.13. The summed E-state index contributed by atoms with van der Waals surface area (Å²) in [5.74, 6) is -1.72. The maximum atomic E-state index is 13.2. The van der Waals surface area contributed by atoms with E-state index in [1.165, 1.54) is 0 Å². The molecule has 2 N–H and O–H groups in total. The predicted octanol–water partition coefficient (Wildman–Crippen LogP) is 2.73. The normalized spacial score (nSPS) is 10.5. The van der Waals surface area contributed by atoms with E-state index in [0.29, 0.717) is 17.5 Å². The molecule has 0 bridgehead atoms. The second kappa shape index (κ2) is 3.32. The van der Waals surface area contributed by atoms with E-state index >= 15 is 0 Å². The largest absolute Gasteiger partial charge is 0.396 e. The summed E-state index contributed by atoms with van der Waals surface area (Å²) >= 11 is 0. The summed E-state index contributed by atoms with van der Waals surface area (Å²) in [4.78, 5) is 0. The van der Waals surface area contributed by atoms with Crippen LogP contribution in [0.5, 0.6) is 0 Å². The van der Waals surface area contributed by atoms with Gasteiger partial charge in [0.05, 0.1) is 5.69 Å². The van der Waals surface area contributed by atoms with Gasteiger partial charge in [-0.3, -0.25) is 0 Å². The van der Waals surface area contributed by atoms with Crippen LogP contribution < -0.4 is 5.73 Å². The average molecular weight is 185 g/mol. The highest BCUT2D eigenvalue weighted by atomic mass is 19.2. The Labute approximate surface area is 76.6 Å². The van der Waals surface area contributed by atoms with Crippen LogP contribution in [0.4, 0.5) is 14.5 Å². The van der Waals surface area contributed by atoms with Crippen LogP contribution in [0, 0.1) is 25.5 Å². The molecule has 0 aliphatic carbocycles. The zero-order valence-corrected chi connectivity index (χ0v) is 8.04. The summed E-state index contributed by atoms with van der Waals surface area (Å²) in [7, 11) is 0. The highest BCUT2D eigenvalue weighted by molar-refractivity contribution is 5.54. The van der Waals surface area contributed by atoms with Crippen LogP contribution >= 0.6 is 0 Å². The van der Waals surface area contributed by atoms with Crippen LogP contribution in [0.25, 0.3) is 0 Å². The smallest absolute Gasteiger partial charge is 0.182 e. The molecule has 13 heavy (non-hydrogen) atoms. The topological polar surface area (TPSA) is 26.0 Å². The van der Waals surface area contributed by atoms with Gasteiger partial charge in [-0.05, 0) is 37.0 Å². The van der Waals surface area contributed by atoms with E-state index in [0.717, 1.165) is 5.56 Å². The van der Waals surface area contributed by atoms with Crippen molar-refractivity contribution in [3.05, 3.63) is 28.3 Å². The molecule has 0 heterocycles. The molecule has 0 saturated carbocycles. The molecule has 0 fully saturated rings. The fraction of sp³-hybridized carbons (Fsp3) is 0.400. The van der Waals surface area contributed by atoms with Crippen molar-refractivity contribution in [2.45, 2.75) is 27.2 Å². The Kier molecular flexibility index (Phi) is 2.55. The lowest BCUT2D eigenvalue weighted by atomic mass is 9.99. The van der Waals surface area contributed by atoms with Crippen molar-refractivity contribution in [1.82, 2.24) is 0 Å². The van der Waals surface area contributed by atoms with Gasteiger partial charge in [0.15, 0.2) is 11.6 Å². The molecule has 0 unspecified atom stereocenters. The Hall–Kier alpha value is -1.12. The molecule has 0 aromatic heterocycles.